The fraction of sp³-hybridized carbons (Fsp3) is 0.273. The molecule has 0 saturated heterocycles. The van der Waals surface area contributed by atoms with E-state index in [9.17, 15) is 14.4 Å². The summed E-state index contributed by atoms with van der Waals surface area (Å²) in [6.45, 7) is -0.285. The Hall–Kier alpha value is -3.13. The van der Waals surface area contributed by atoms with Gasteiger partial charge in [-0.25, -0.2) is 9.48 Å². The number of thioether (sulfide) groups is 1. The van der Waals surface area contributed by atoms with Crippen molar-refractivity contribution in [1.29, 1.82) is 0 Å². The van der Waals surface area contributed by atoms with E-state index in [0.717, 1.165) is 21.0 Å². The zero-order valence-corrected chi connectivity index (χ0v) is 17.6. The predicted molar refractivity (Wildman–Crippen MR) is 118 cm³/mol. The second-order valence-corrected chi connectivity index (χ2v) is 7.69. The van der Waals surface area contributed by atoms with Crippen molar-refractivity contribution in [1.82, 2.24) is 15.1 Å². The first-order valence-electron chi connectivity index (χ1n) is 9.45. The molecular formula is C22H23N3O4S. The van der Waals surface area contributed by atoms with Crippen LogP contribution in [0.25, 0.3) is 22.0 Å². The van der Waals surface area contributed by atoms with Gasteiger partial charge in [0.2, 0.25) is 5.91 Å². The van der Waals surface area contributed by atoms with E-state index in [4.69, 9.17) is 4.74 Å². The van der Waals surface area contributed by atoms with Crippen molar-refractivity contribution in [2.75, 3.05) is 19.1 Å². The summed E-state index contributed by atoms with van der Waals surface area (Å²) in [6.07, 6.45) is 2.36. The number of fused-ring (bicyclic) bond motifs is 1. The molecule has 0 aliphatic rings. The van der Waals surface area contributed by atoms with Gasteiger partial charge < -0.3 is 10.1 Å². The number of aromatic nitrogens is 2. The molecule has 1 heterocycles. The third-order valence-corrected chi connectivity index (χ3v) is 5.28. The molecule has 0 fully saturated rings. The van der Waals surface area contributed by atoms with E-state index in [-0.39, 0.29) is 6.54 Å². The monoisotopic (exact) mass is 425 g/mol. The average Bonchev–Trinajstić information content (AvgIpc) is 2.77. The van der Waals surface area contributed by atoms with Gasteiger partial charge in [-0.05, 0) is 41.3 Å². The Balaban J connectivity index is 1.79. The minimum atomic E-state index is -0.755. The minimum Gasteiger partial charge on any atom is -0.467 e. The standard InChI is InChI=1S/C22H23N3O4S/c1-29-22(28)19(11-12-30-2)23-20(26)14-25-21(27)10-9-18(24-25)17-8-7-15-5-3-4-6-16(15)13-17/h3-10,13,19H,11-12,14H2,1-2H3,(H,23,26)/t19-/m0/s1. The number of nitrogens with one attached hydrogen (secondary N) is 1. The lowest BCUT2D eigenvalue weighted by Gasteiger charge is -2.16. The van der Waals surface area contributed by atoms with Crippen LogP contribution in [0.4, 0.5) is 0 Å². The van der Waals surface area contributed by atoms with E-state index in [0.29, 0.717) is 17.9 Å². The molecule has 3 rings (SSSR count). The third kappa shape index (κ3) is 5.27. The van der Waals surface area contributed by atoms with Crippen LogP contribution in [-0.4, -0.2) is 46.8 Å². The van der Waals surface area contributed by atoms with Crippen molar-refractivity contribution in [2.24, 2.45) is 0 Å². The Morgan fingerprint density at radius 1 is 1.13 bits per heavy atom. The van der Waals surface area contributed by atoms with Crippen LogP contribution in [0.1, 0.15) is 6.42 Å². The fourth-order valence-corrected chi connectivity index (χ4v) is 3.54. The maximum absolute atomic E-state index is 12.5. The van der Waals surface area contributed by atoms with E-state index in [2.05, 4.69) is 10.4 Å². The maximum atomic E-state index is 12.5. The summed E-state index contributed by atoms with van der Waals surface area (Å²) in [5, 5.41) is 9.14. The molecule has 8 heteroatoms. The number of carbonyl (C=O) groups is 2. The summed E-state index contributed by atoms with van der Waals surface area (Å²) >= 11 is 1.56. The lowest BCUT2D eigenvalue weighted by Crippen LogP contribution is -2.44. The predicted octanol–water partition coefficient (Wildman–Crippen LogP) is 2.47. The number of hydrogen-bond donors (Lipinski definition) is 1. The minimum absolute atomic E-state index is 0.285. The number of hydrogen-bond acceptors (Lipinski definition) is 6. The van der Waals surface area contributed by atoms with Gasteiger partial charge in [0.1, 0.15) is 12.6 Å². The molecule has 2 aromatic carbocycles. The molecule has 156 valence electrons. The molecule has 30 heavy (non-hydrogen) atoms. The normalized spacial score (nSPS) is 11.8. The van der Waals surface area contributed by atoms with Crippen LogP contribution in [0.2, 0.25) is 0 Å². The second kappa shape index (κ2) is 10.1. The number of benzene rings is 2. The number of esters is 1. The van der Waals surface area contributed by atoms with Crippen LogP contribution in [0.5, 0.6) is 0 Å². The molecule has 0 aliphatic carbocycles. The smallest absolute Gasteiger partial charge is 0.328 e. The summed E-state index contributed by atoms with van der Waals surface area (Å²) in [6, 6.07) is 16.1. The fourth-order valence-electron chi connectivity index (χ4n) is 3.07. The Kier molecular flexibility index (Phi) is 7.24. The van der Waals surface area contributed by atoms with Gasteiger partial charge in [0.05, 0.1) is 12.8 Å². The Labute approximate surface area is 178 Å². The highest BCUT2D eigenvalue weighted by molar-refractivity contribution is 7.98. The highest BCUT2D eigenvalue weighted by atomic mass is 32.2. The first-order valence-corrected chi connectivity index (χ1v) is 10.8. The van der Waals surface area contributed by atoms with E-state index in [1.54, 1.807) is 17.8 Å². The molecule has 7 nitrogen and oxygen atoms in total. The molecule has 1 aromatic heterocycles. The zero-order valence-electron chi connectivity index (χ0n) is 16.8. The van der Waals surface area contributed by atoms with Gasteiger partial charge in [-0.2, -0.15) is 16.9 Å². The van der Waals surface area contributed by atoms with Crippen molar-refractivity contribution in [3.8, 4) is 11.3 Å². The molecule has 1 atom stereocenters. The lowest BCUT2D eigenvalue weighted by atomic mass is 10.1. The molecular weight excluding hydrogens is 402 g/mol. The van der Waals surface area contributed by atoms with Crippen LogP contribution in [0.3, 0.4) is 0 Å². The molecule has 0 bridgehead atoms. The Morgan fingerprint density at radius 2 is 1.90 bits per heavy atom. The van der Waals surface area contributed by atoms with E-state index < -0.39 is 23.5 Å². The highest BCUT2D eigenvalue weighted by Crippen LogP contribution is 2.22. The van der Waals surface area contributed by atoms with Gasteiger partial charge in [-0.15, -0.1) is 0 Å². The van der Waals surface area contributed by atoms with Crippen molar-refractivity contribution in [3.05, 3.63) is 65.0 Å². The number of methoxy groups -OCH3 is 1. The topological polar surface area (TPSA) is 90.3 Å². The number of amides is 1. The van der Waals surface area contributed by atoms with Crippen LogP contribution in [0.15, 0.2) is 59.4 Å². The molecule has 0 spiro atoms. The average molecular weight is 426 g/mol. The van der Waals surface area contributed by atoms with E-state index in [1.165, 1.54) is 13.2 Å². The molecule has 0 saturated carbocycles. The van der Waals surface area contributed by atoms with E-state index >= 15 is 0 Å². The first-order chi connectivity index (χ1) is 14.5. The number of nitrogens with zero attached hydrogens (tertiary/aromatic N) is 2. The van der Waals surface area contributed by atoms with Crippen molar-refractivity contribution >= 4 is 34.4 Å². The number of carbonyl (C=O) groups excluding carboxylic acids is 2. The largest absolute Gasteiger partial charge is 0.467 e. The lowest BCUT2D eigenvalue weighted by molar-refractivity contribution is -0.145. The zero-order chi connectivity index (χ0) is 21.5. The molecule has 0 unspecified atom stereocenters. The van der Waals surface area contributed by atoms with Crippen LogP contribution < -0.4 is 10.9 Å². The highest BCUT2D eigenvalue weighted by Gasteiger charge is 2.21. The van der Waals surface area contributed by atoms with Crippen LogP contribution >= 0.6 is 11.8 Å². The summed E-state index contributed by atoms with van der Waals surface area (Å²) < 4.78 is 5.85. The molecule has 1 N–H and O–H groups in total. The number of rotatable bonds is 8. The summed E-state index contributed by atoms with van der Waals surface area (Å²) in [5.74, 6) is -0.297. The molecule has 0 aliphatic heterocycles. The quantitative estimate of drug-likeness (QED) is 0.558. The summed E-state index contributed by atoms with van der Waals surface area (Å²) in [7, 11) is 1.28. The number of ether oxygens (including phenoxy) is 1. The molecule has 0 radical (unpaired) electrons. The van der Waals surface area contributed by atoms with Gasteiger partial charge in [0.25, 0.3) is 5.56 Å². The van der Waals surface area contributed by atoms with Gasteiger partial charge in [-0.3, -0.25) is 9.59 Å². The molecule has 3 aromatic rings. The van der Waals surface area contributed by atoms with Gasteiger partial charge >= 0.3 is 5.97 Å². The summed E-state index contributed by atoms with van der Waals surface area (Å²) in [4.78, 5) is 36.6. The SMILES string of the molecule is COC(=O)[C@H](CCSC)NC(=O)Cn1nc(-c2ccc3ccccc3c2)ccc1=O. The van der Waals surface area contributed by atoms with Crippen molar-refractivity contribution < 1.29 is 14.3 Å². The maximum Gasteiger partial charge on any atom is 0.328 e. The third-order valence-electron chi connectivity index (χ3n) is 4.64. The van der Waals surface area contributed by atoms with E-state index in [1.807, 2.05) is 48.7 Å². The Bertz CT molecular complexity index is 1110. The van der Waals surface area contributed by atoms with Crippen molar-refractivity contribution in [2.45, 2.75) is 19.0 Å². The first kappa shape index (κ1) is 21.6. The summed E-state index contributed by atoms with van der Waals surface area (Å²) in [5.41, 5.74) is 1.03. The van der Waals surface area contributed by atoms with Crippen LogP contribution in [-0.2, 0) is 20.9 Å². The van der Waals surface area contributed by atoms with Gasteiger partial charge in [-0.1, -0.05) is 36.4 Å². The second-order valence-electron chi connectivity index (χ2n) is 6.70. The van der Waals surface area contributed by atoms with Gasteiger partial charge in [0.15, 0.2) is 0 Å². The Morgan fingerprint density at radius 3 is 2.63 bits per heavy atom. The van der Waals surface area contributed by atoms with Crippen LogP contribution in [0, 0.1) is 0 Å². The molecule has 1 amide bonds. The van der Waals surface area contributed by atoms with Gasteiger partial charge in [0, 0.05) is 11.6 Å². The van der Waals surface area contributed by atoms with Crippen molar-refractivity contribution in [3.63, 3.8) is 0 Å².